The Morgan fingerprint density at radius 1 is 1.31 bits per heavy atom. The molecule has 1 aliphatic heterocycles. The molecule has 88 valence electrons. The number of aliphatic hydroxyl groups is 1. The van der Waals surface area contributed by atoms with Gasteiger partial charge in [0.1, 0.15) is 0 Å². The van der Waals surface area contributed by atoms with E-state index >= 15 is 0 Å². The van der Waals surface area contributed by atoms with Crippen molar-refractivity contribution >= 4 is 0 Å². The number of rotatable bonds is 2. The van der Waals surface area contributed by atoms with Gasteiger partial charge in [-0.15, -0.1) is 0 Å². The zero-order valence-corrected chi connectivity index (χ0v) is 8.66. The first-order chi connectivity index (χ1) is 7.56. The van der Waals surface area contributed by atoms with Gasteiger partial charge in [0.05, 0.1) is 6.10 Å². The van der Waals surface area contributed by atoms with Crippen molar-refractivity contribution < 1.29 is 19.0 Å². The van der Waals surface area contributed by atoms with E-state index in [4.69, 9.17) is 5.11 Å². The lowest BCUT2D eigenvalue weighted by molar-refractivity contribution is 0.174. The van der Waals surface area contributed by atoms with E-state index in [1.807, 2.05) is 4.90 Å². The molecule has 1 atom stereocenters. The Bertz CT molecular complexity index is 375. The maximum Gasteiger partial charge on any atom is 0.187 e. The highest BCUT2D eigenvalue weighted by molar-refractivity contribution is 5.30. The number of nitrogens with zero attached hydrogens (tertiary/aromatic N) is 1. The van der Waals surface area contributed by atoms with Crippen molar-refractivity contribution in [3.05, 3.63) is 29.3 Å². The molecule has 0 amide bonds. The van der Waals surface area contributed by atoms with Gasteiger partial charge in [0.25, 0.3) is 0 Å². The molecule has 0 aliphatic carbocycles. The second-order valence-electron chi connectivity index (χ2n) is 4.09. The molecule has 0 saturated carbocycles. The number of halogens is 2. The SMILES string of the molecule is Oc1c(F)cc(CN2CC[C@@H](O)C2)cc1F. The molecule has 2 N–H and O–H groups in total. The molecule has 1 heterocycles. The Kier molecular flexibility index (Phi) is 3.07. The molecule has 0 unspecified atom stereocenters. The summed E-state index contributed by atoms with van der Waals surface area (Å²) in [6.07, 6.45) is 0.329. The summed E-state index contributed by atoms with van der Waals surface area (Å²) in [5.74, 6) is -2.84. The van der Waals surface area contributed by atoms with E-state index in [2.05, 4.69) is 0 Å². The van der Waals surface area contributed by atoms with Crippen LogP contribution in [0.25, 0.3) is 0 Å². The summed E-state index contributed by atoms with van der Waals surface area (Å²) in [6, 6.07) is 2.23. The van der Waals surface area contributed by atoms with Crippen molar-refractivity contribution in [1.82, 2.24) is 4.90 Å². The number of phenols is 1. The summed E-state index contributed by atoms with van der Waals surface area (Å²) < 4.78 is 26.1. The Labute approximate surface area is 91.9 Å². The maximum atomic E-state index is 13.0. The van der Waals surface area contributed by atoms with Gasteiger partial charge >= 0.3 is 0 Å². The number of likely N-dealkylation sites (tertiary alicyclic amines) is 1. The van der Waals surface area contributed by atoms with Crippen LogP contribution in [0.5, 0.6) is 5.75 Å². The molecule has 0 bridgehead atoms. The first-order valence-corrected chi connectivity index (χ1v) is 5.13. The minimum atomic E-state index is -0.949. The second kappa shape index (κ2) is 4.35. The Hall–Kier alpha value is -1.20. The molecule has 1 saturated heterocycles. The molecular formula is C11H13F2NO2. The van der Waals surface area contributed by atoms with Crippen molar-refractivity contribution in [2.24, 2.45) is 0 Å². The maximum absolute atomic E-state index is 13.0. The highest BCUT2D eigenvalue weighted by Gasteiger charge is 2.20. The zero-order valence-electron chi connectivity index (χ0n) is 8.66. The van der Waals surface area contributed by atoms with Gasteiger partial charge in [0.2, 0.25) is 0 Å². The van der Waals surface area contributed by atoms with Gasteiger partial charge in [0, 0.05) is 19.6 Å². The van der Waals surface area contributed by atoms with Crippen LogP contribution in [-0.2, 0) is 6.54 Å². The van der Waals surface area contributed by atoms with Crippen LogP contribution in [0.15, 0.2) is 12.1 Å². The van der Waals surface area contributed by atoms with E-state index in [-0.39, 0.29) is 6.10 Å². The fourth-order valence-electron chi connectivity index (χ4n) is 1.92. The fourth-order valence-corrected chi connectivity index (χ4v) is 1.92. The topological polar surface area (TPSA) is 43.7 Å². The third-order valence-corrected chi connectivity index (χ3v) is 2.73. The average Bonchev–Trinajstić information content (AvgIpc) is 2.60. The van der Waals surface area contributed by atoms with Crippen LogP contribution in [-0.4, -0.2) is 34.3 Å². The molecule has 1 aliphatic rings. The molecule has 16 heavy (non-hydrogen) atoms. The molecule has 0 radical (unpaired) electrons. The lowest BCUT2D eigenvalue weighted by atomic mass is 10.2. The minimum absolute atomic E-state index is 0.355. The molecule has 0 aromatic heterocycles. The molecule has 1 fully saturated rings. The molecule has 1 aromatic carbocycles. The number of phenolic OH excluding ortho intramolecular Hbond substituents is 1. The normalized spacial score (nSPS) is 21.6. The monoisotopic (exact) mass is 229 g/mol. The number of benzene rings is 1. The van der Waals surface area contributed by atoms with Gasteiger partial charge in [-0.2, -0.15) is 0 Å². The first kappa shape index (κ1) is 11.3. The Morgan fingerprint density at radius 2 is 1.94 bits per heavy atom. The van der Waals surface area contributed by atoms with Gasteiger partial charge in [-0.05, 0) is 24.1 Å². The van der Waals surface area contributed by atoms with Crippen molar-refractivity contribution in [3.8, 4) is 5.75 Å². The van der Waals surface area contributed by atoms with E-state index in [9.17, 15) is 13.9 Å². The van der Waals surface area contributed by atoms with Crippen molar-refractivity contribution in [2.45, 2.75) is 19.1 Å². The molecule has 1 aromatic rings. The van der Waals surface area contributed by atoms with Crippen molar-refractivity contribution in [3.63, 3.8) is 0 Å². The molecular weight excluding hydrogens is 216 g/mol. The summed E-state index contributed by atoms with van der Waals surface area (Å²) in [6.45, 7) is 1.61. The highest BCUT2D eigenvalue weighted by Crippen LogP contribution is 2.23. The lowest BCUT2D eigenvalue weighted by Crippen LogP contribution is -2.21. The van der Waals surface area contributed by atoms with Crippen LogP contribution in [0.4, 0.5) is 8.78 Å². The van der Waals surface area contributed by atoms with E-state index in [0.29, 0.717) is 31.6 Å². The smallest absolute Gasteiger partial charge is 0.187 e. The van der Waals surface area contributed by atoms with Gasteiger partial charge in [-0.25, -0.2) is 8.78 Å². The molecule has 2 rings (SSSR count). The van der Waals surface area contributed by atoms with Crippen LogP contribution >= 0.6 is 0 Å². The van der Waals surface area contributed by atoms with Crippen molar-refractivity contribution in [2.75, 3.05) is 13.1 Å². The van der Waals surface area contributed by atoms with Gasteiger partial charge < -0.3 is 10.2 Å². The zero-order chi connectivity index (χ0) is 11.7. The predicted octanol–water partition coefficient (Wildman–Crippen LogP) is 1.24. The third-order valence-electron chi connectivity index (χ3n) is 2.73. The van der Waals surface area contributed by atoms with Gasteiger partial charge in [-0.3, -0.25) is 4.90 Å². The van der Waals surface area contributed by atoms with Gasteiger partial charge in [-0.1, -0.05) is 0 Å². The number of aromatic hydroxyl groups is 1. The summed E-state index contributed by atoms with van der Waals surface area (Å²) in [5, 5.41) is 18.2. The van der Waals surface area contributed by atoms with E-state index in [0.717, 1.165) is 12.1 Å². The standard InChI is InChI=1S/C11H13F2NO2/c12-9-3-7(4-10(13)11(9)16)5-14-2-1-8(15)6-14/h3-4,8,15-16H,1-2,5-6H2/t8-/m1/s1. The predicted molar refractivity (Wildman–Crippen MR) is 53.9 cm³/mol. The quantitative estimate of drug-likeness (QED) is 0.801. The highest BCUT2D eigenvalue weighted by atomic mass is 19.1. The Morgan fingerprint density at radius 3 is 2.44 bits per heavy atom. The largest absolute Gasteiger partial charge is 0.503 e. The summed E-state index contributed by atoms with van der Waals surface area (Å²) in [5.41, 5.74) is 0.460. The van der Waals surface area contributed by atoms with E-state index < -0.39 is 17.4 Å². The molecule has 3 nitrogen and oxygen atoms in total. The summed E-state index contributed by atoms with van der Waals surface area (Å²) in [7, 11) is 0. The minimum Gasteiger partial charge on any atom is -0.503 e. The third kappa shape index (κ3) is 2.31. The first-order valence-electron chi connectivity index (χ1n) is 5.13. The molecule has 0 spiro atoms. The van der Waals surface area contributed by atoms with Crippen LogP contribution in [0.2, 0.25) is 0 Å². The number of hydrogen-bond donors (Lipinski definition) is 2. The second-order valence-corrected chi connectivity index (χ2v) is 4.09. The Balaban J connectivity index is 2.10. The van der Waals surface area contributed by atoms with E-state index in [1.54, 1.807) is 0 Å². The summed E-state index contributed by atoms with van der Waals surface area (Å²) >= 11 is 0. The van der Waals surface area contributed by atoms with Crippen LogP contribution in [0.1, 0.15) is 12.0 Å². The van der Waals surface area contributed by atoms with E-state index in [1.165, 1.54) is 0 Å². The lowest BCUT2D eigenvalue weighted by Gasteiger charge is -2.15. The number of aliphatic hydroxyl groups excluding tert-OH is 1. The average molecular weight is 229 g/mol. The van der Waals surface area contributed by atoms with Crippen molar-refractivity contribution in [1.29, 1.82) is 0 Å². The van der Waals surface area contributed by atoms with Crippen LogP contribution in [0.3, 0.4) is 0 Å². The number of β-amino-alcohol motifs (C(OH)–C–C–N with tert-alkyl or cyclic N) is 1. The van der Waals surface area contributed by atoms with Gasteiger partial charge in [0.15, 0.2) is 17.4 Å². The number of hydrogen-bond acceptors (Lipinski definition) is 3. The summed E-state index contributed by atoms with van der Waals surface area (Å²) in [4.78, 5) is 1.91. The molecule has 5 heteroatoms. The van der Waals surface area contributed by atoms with Crippen LogP contribution in [0, 0.1) is 11.6 Å². The fraction of sp³-hybridized carbons (Fsp3) is 0.455. The van der Waals surface area contributed by atoms with Crippen LogP contribution < -0.4 is 0 Å².